The molecular weight excluding hydrogens is 236 g/mol. The average molecular weight is 256 g/mol. The van der Waals surface area contributed by atoms with Crippen LogP contribution in [0.4, 0.5) is 0 Å². The largest absolute Gasteiger partial charge is 0.305 e. The maximum Gasteiger partial charge on any atom is 0.235 e. The molecule has 1 aromatic rings. The first-order valence-electron chi connectivity index (χ1n) is 7.11. The van der Waals surface area contributed by atoms with Gasteiger partial charge in [-0.3, -0.25) is 0 Å². The van der Waals surface area contributed by atoms with E-state index in [4.69, 9.17) is 0 Å². The van der Waals surface area contributed by atoms with Crippen LogP contribution >= 0.6 is 0 Å². The summed E-state index contributed by atoms with van der Waals surface area (Å²) in [5, 5.41) is 0. The van der Waals surface area contributed by atoms with E-state index in [1.165, 1.54) is 11.1 Å². The summed E-state index contributed by atoms with van der Waals surface area (Å²) in [6, 6.07) is 8.76. The van der Waals surface area contributed by atoms with Crippen LogP contribution in [0.15, 0.2) is 29.3 Å². The number of isocyanates is 1. The zero-order valence-corrected chi connectivity index (χ0v) is 11.4. The standard InChI is InChI=1S/C16H20N2O/c1-18-10-14(11-18)13-4-6-15(7-5-13)16(17-12-19)8-2-3-9-16/h4-7,14H,2-3,8-11H2,1H3. The number of carbonyl (C=O) groups excluding carboxylic acids is 1. The second-order valence-electron chi connectivity index (χ2n) is 5.98. The number of hydrogen-bond acceptors (Lipinski definition) is 3. The van der Waals surface area contributed by atoms with Gasteiger partial charge in [-0.2, -0.15) is 4.99 Å². The maximum absolute atomic E-state index is 10.7. The lowest BCUT2D eigenvalue weighted by Crippen LogP contribution is -2.41. The zero-order chi connectivity index (χ0) is 13.3. The summed E-state index contributed by atoms with van der Waals surface area (Å²) < 4.78 is 0. The van der Waals surface area contributed by atoms with Crippen molar-refractivity contribution in [2.75, 3.05) is 20.1 Å². The third-order valence-electron chi connectivity index (χ3n) is 4.67. The van der Waals surface area contributed by atoms with Crippen LogP contribution in [0, 0.1) is 0 Å². The number of likely N-dealkylation sites (N-methyl/N-ethyl adjacent to an activating group) is 1. The van der Waals surface area contributed by atoms with Gasteiger partial charge in [0.15, 0.2) is 0 Å². The average Bonchev–Trinajstić information content (AvgIpc) is 2.86. The molecule has 0 bridgehead atoms. The van der Waals surface area contributed by atoms with E-state index in [1.807, 2.05) is 0 Å². The highest BCUT2D eigenvalue weighted by Gasteiger charge is 2.35. The fourth-order valence-electron chi connectivity index (χ4n) is 3.49. The lowest BCUT2D eigenvalue weighted by molar-refractivity contribution is 0.189. The molecular formula is C16H20N2O. The molecule has 2 aliphatic rings. The van der Waals surface area contributed by atoms with Gasteiger partial charge in [0.05, 0.1) is 5.54 Å². The predicted octanol–water partition coefficient (Wildman–Crippen LogP) is 2.82. The van der Waals surface area contributed by atoms with Crippen molar-refractivity contribution in [3.05, 3.63) is 35.4 Å². The molecule has 1 saturated heterocycles. The minimum atomic E-state index is -0.281. The van der Waals surface area contributed by atoms with Gasteiger partial charge in [0.2, 0.25) is 6.08 Å². The van der Waals surface area contributed by atoms with Crippen LogP contribution in [-0.4, -0.2) is 31.1 Å². The minimum Gasteiger partial charge on any atom is -0.305 e. The molecule has 0 spiro atoms. The molecule has 3 heteroatoms. The van der Waals surface area contributed by atoms with Gasteiger partial charge >= 0.3 is 0 Å². The Balaban J connectivity index is 1.83. The van der Waals surface area contributed by atoms with Crippen LogP contribution in [0.2, 0.25) is 0 Å². The number of rotatable bonds is 3. The Bertz CT molecular complexity index is 490. The highest BCUT2D eigenvalue weighted by molar-refractivity contribution is 5.40. The SMILES string of the molecule is CN1CC(c2ccc(C3(N=C=O)CCCC3)cc2)C1. The molecule has 0 radical (unpaired) electrons. The Morgan fingerprint density at radius 2 is 1.84 bits per heavy atom. The molecule has 0 atom stereocenters. The lowest BCUT2D eigenvalue weighted by Gasteiger charge is -2.36. The monoisotopic (exact) mass is 256 g/mol. The van der Waals surface area contributed by atoms with Gasteiger partial charge in [-0.05, 0) is 31.0 Å². The highest BCUT2D eigenvalue weighted by atomic mass is 16.1. The van der Waals surface area contributed by atoms with Gasteiger partial charge in [-0.25, -0.2) is 4.79 Å². The molecule has 0 N–H and O–H groups in total. The number of hydrogen-bond donors (Lipinski definition) is 0. The number of benzene rings is 1. The molecule has 1 saturated carbocycles. The van der Waals surface area contributed by atoms with E-state index in [0.29, 0.717) is 5.92 Å². The van der Waals surface area contributed by atoms with Gasteiger partial charge in [0, 0.05) is 19.0 Å². The molecule has 0 unspecified atom stereocenters. The number of aliphatic imine (C=N–C) groups is 1. The van der Waals surface area contributed by atoms with Gasteiger partial charge in [0.25, 0.3) is 0 Å². The Morgan fingerprint density at radius 3 is 2.37 bits per heavy atom. The van der Waals surface area contributed by atoms with Crippen LogP contribution in [0.1, 0.15) is 42.7 Å². The van der Waals surface area contributed by atoms with Crippen molar-refractivity contribution in [3.63, 3.8) is 0 Å². The Kier molecular flexibility index (Phi) is 3.26. The first-order chi connectivity index (χ1) is 9.23. The fourth-order valence-corrected chi connectivity index (χ4v) is 3.49. The zero-order valence-electron chi connectivity index (χ0n) is 11.4. The minimum absolute atomic E-state index is 0.281. The van der Waals surface area contributed by atoms with E-state index in [2.05, 4.69) is 41.2 Å². The second-order valence-corrected chi connectivity index (χ2v) is 5.98. The summed E-state index contributed by atoms with van der Waals surface area (Å²) in [4.78, 5) is 17.2. The van der Waals surface area contributed by atoms with Crippen molar-refractivity contribution in [3.8, 4) is 0 Å². The molecule has 19 heavy (non-hydrogen) atoms. The highest BCUT2D eigenvalue weighted by Crippen LogP contribution is 2.42. The van der Waals surface area contributed by atoms with E-state index in [9.17, 15) is 4.79 Å². The van der Waals surface area contributed by atoms with Crippen LogP contribution < -0.4 is 0 Å². The quantitative estimate of drug-likeness (QED) is 0.615. The van der Waals surface area contributed by atoms with Crippen molar-refractivity contribution >= 4 is 6.08 Å². The van der Waals surface area contributed by atoms with E-state index in [1.54, 1.807) is 6.08 Å². The summed E-state index contributed by atoms with van der Waals surface area (Å²) >= 11 is 0. The maximum atomic E-state index is 10.7. The Labute approximate surface area is 114 Å². The van der Waals surface area contributed by atoms with Gasteiger partial charge in [0.1, 0.15) is 0 Å². The molecule has 1 heterocycles. The Morgan fingerprint density at radius 1 is 1.21 bits per heavy atom. The van der Waals surface area contributed by atoms with E-state index < -0.39 is 0 Å². The van der Waals surface area contributed by atoms with Crippen molar-refractivity contribution < 1.29 is 4.79 Å². The molecule has 1 aliphatic heterocycles. The molecule has 100 valence electrons. The van der Waals surface area contributed by atoms with Crippen molar-refractivity contribution in [1.29, 1.82) is 0 Å². The van der Waals surface area contributed by atoms with Gasteiger partial charge < -0.3 is 4.90 Å². The molecule has 1 aliphatic carbocycles. The topological polar surface area (TPSA) is 32.7 Å². The summed E-state index contributed by atoms with van der Waals surface area (Å²) in [7, 11) is 2.15. The summed E-state index contributed by atoms with van der Waals surface area (Å²) in [5.74, 6) is 0.674. The fraction of sp³-hybridized carbons (Fsp3) is 0.562. The first-order valence-corrected chi connectivity index (χ1v) is 7.11. The number of nitrogens with zero attached hydrogens (tertiary/aromatic N) is 2. The van der Waals surface area contributed by atoms with Crippen LogP contribution in [-0.2, 0) is 10.3 Å². The molecule has 0 aromatic heterocycles. The van der Waals surface area contributed by atoms with Crippen molar-refractivity contribution in [2.24, 2.45) is 4.99 Å². The third kappa shape index (κ3) is 2.24. The van der Waals surface area contributed by atoms with E-state index in [-0.39, 0.29) is 5.54 Å². The molecule has 3 nitrogen and oxygen atoms in total. The van der Waals surface area contributed by atoms with E-state index >= 15 is 0 Å². The predicted molar refractivity (Wildman–Crippen MR) is 74.9 cm³/mol. The summed E-state index contributed by atoms with van der Waals surface area (Å²) in [5.41, 5.74) is 2.31. The lowest BCUT2D eigenvalue weighted by atomic mass is 9.85. The van der Waals surface area contributed by atoms with Crippen molar-refractivity contribution in [2.45, 2.75) is 37.1 Å². The Hall–Kier alpha value is -1.44. The smallest absolute Gasteiger partial charge is 0.235 e. The van der Waals surface area contributed by atoms with E-state index in [0.717, 1.165) is 38.8 Å². The van der Waals surface area contributed by atoms with Crippen LogP contribution in [0.25, 0.3) is 0 Å². The number of likely N-dealkylation sites (tertiary alicyclic amines) is 1. The van der Waals surface area contributed by atoms with Gasteiger partial charge in [-0.15, -0.1) is 0 Å². The molecule has 2 fully saturated rings. The first kappa shape index (κ1) is 12.6. The molecule has 1 aromatic carbocycles. The second kappa shape index (κ2) is 4.92. The third-order valence-corrected chi connectivity index (χ3v) is 4.67. The van der Waals surface area contributed by atoms with Crippen molar-refractivity contribution in [1.82, 2.24) is 4.90 Å². The summed E-state index contributed by atoms with van der Waals surface area (Å²) in [6.45, 7) is 2.30. The summed E-state index contributed by atoms with van der Waals surface area (Å²) in [6.07, 6.45) is 6.05. The van der Waals surface area contributed by atoms with Crippen LogP contribution in [0.5, 0.6) is 0 Å². The molecule has 3 rings (SSSR count). The van der Waals surface area contributed by atoms with Crippen LogP contribution in [0.3, 0.4) is 0 Å². The van der Waals surface area contributed by atoms with Gasteiger partial charge in [-0.1, -0.05) is 37.1 Å². The molecule has 0 amide bonds. The normalized spacial score (nSPS) is 22.8.